The first-order valence-corrected chi connectivity index (χ1v) is 4.00. The van der Waals surface area contributed by atoms with E-state index in [-0.39, 0.29) is 21.1 Å². The zero-order valence-corrected chi connectivity index (χ0v) is 8.30. The van der Waals surface area contributed by atoms with Gasteiger partial charge in [0, 0.05) is 20.8 Å². The predicted octanol–water partition coefficient (Wildman–Crippen LogP) is -2.68. The van der Waals surface area contributed by atoms with Crippen LogP contribution in [0.1, 0.15) is 0 Å². The zero-order chi connectivity index (χ0) is 9.00. The Kier molecular flexibility index (Phi) is 9.55. The predicted molar refractivity (Wildman–Crippen MR) is 20.9 cm³/mol. The first-order valence-electron chi connectivity index (χ1n) is 1.33. The maximum absolute atomic E-state index is 8.52. The summed E-state index contributed by atoms with van der Waals surface area (Å²) in [6.45, 7) is 0. The normalized spacial score (nSPS) is 10.5. The van der Waals surface area contributed by atoms with Gasteiger partial charge in [0.1, 0.15) is 0 Å². The van der Waals surface area contributed by atoms with E-state index in [0.717, 1.165) is 0 Å². The molecule has 70 valence electrons. The van der Waals surface area contributed by atoms with E-state index < -0.39 is 20.8 Å². The molecule has 0 radical (unpaired) electrons. The Morgan fingerprint density at radius 3 is 0.636 bits per heavy atom. The second-order valence-corrected chi connectivity index (χ2v) is 2.45. The summed E-state index contributed by atoms with van der Waals surface area (Å²) in [6.07, 6.45) is 0. The van der Waals surface area contributed by atoms with Gasteiger partial charge in [0.25, 0.3) is 0 Å². The SMILES string of the molecule is O=S(=O)([O-])[O-].O=S(=O)([O-])[O-].[Pt+4]. The summed E-state index contributed by atoms with van der Waals surface area (Å²) in [5, 5.41) is 0. The van der Waals surface area contributed by atoms with Crippen molar-refractivity contribution in [1.82, 2.24) is 0 Å². The van der Waals surface area contributed by atoms with E-state index in [1.165, 1.54) is 0 Å². The average Bonchev–Trinajstić information content (AvgIpc) is 1.12. The van der Waals surface area contributed by atoms with Gasteiger partial charge < -0.3 is 18.2 Å². The van der Waals surface area contributed by atoms with E-state index in [2.05, 4.69) is 0 Å². The third-order valence-corrected chi connectivity index (χ3v) is 0. The van der Waals surface area contributed by atoms with Gasteiger partial charge in [-0.05, 0) is 0 Å². The first-order chi connectivity index (χ1) is 4.00. The third-order valence-electron chi connectivity index (χ3n) is 0. The summed E-state index contributed by atoms with van der Waals surface area (Å²) in [5.41, 5.74) is 0. The van der Waals surface area contributed by atoms with E-state index in [0.29, 0.717) is 0 Å². The molecule has 0 aliphatic carbocycles. The minimum Gasteiger partial charge on any atom is -0.759 e. The number of hydrogen-bond acceptors (Lipinski definition) is 8. The van der Waals surface area contributed by atoms with E-state index in [4.69, 9.17) is 35.0 Å². The van der Waals surface area contributed by atoms with Crippen LogP contribution in [0.3, 0.4) is 0 Å². The standard InChI is InChI=1S/2H2O4S.Pt/c2*1-5(2,3)4;/h2*(H2,1,2,3,4);/q;;+4/p-4. The third kappa shape index (κ3) is 4040. The fourth-order valence-corrected chi connectivity index (χ4v) is 0. The van der Waals surface area contributed by atoms with Gasteiger partial charge in [-0.2, -0.15) is 0 Å². The Bertz CT molecular complexity index is 208. The molecule has 0 atom stereocenters. The maximum Gasteiger partial charge on any atom is 4.00 e. The Hall–Kier alpha value is 0.428. The molecule has 0 aromatic carbocycles. The van der Waals surface area contributed by atoms with Crippen LogP contribution < -0.4 is 0 Å². The fraction of sp³-hybridized carbons (Fsp3) is 0. The molecule has 0 heterocycles. The van der Waals surface area contributed by atoms with Crippen molar-refractivity contribution in [2.45, 2.75) is 0 Å². The van der Waals surface area contributed by atoms with Crippen molar-refractivity contribution in [3.63, 3.8) is 0 Å². The number of hydrogen-bond donors (Lipinski definition) is 0. The molecule has 11 heavy (non-hydrogen) atoms. The molecule has 0 aliphatic rings. The molecule has 0 saturated heterocycles. The molecule has 0 aromatic rings. The monoisotopic (exact) mass is 387 g/mol. The molecular weight excluding hydrogens is 387 g/mol. The molecule has 0 saturated carbocycles. The summed E-state index contributed by atoms with van der Waals surface area (Å²) in [5.74, 6) is 0. The largest absolute Gasteiger partial charge is 4.00 e. The van der Waals surface area contributed by atoms with Crippen molar-refractivity contribution in [3.05, 3.63) is 0 Å². The summed E-state index contributed by atoms with van der Waals surface area (Å²) < 4.78 is 68.2. The second-order valence-electron chi connectivity index (χ2n) is 0.816. The summed E-state index contributed by atoms with van der Waals surface area (Å²) >= 11 is 0. The molecule has 0 aromatic heterocycles. The van der Waals surface area contributed by atoms with Crippen LogP contribution in [0.5, 0.6) is 0 Å². The topological polar surface area (TPSA) is 161 Å². The minimum absolute atomic E-state index is 0. The molecule has 0 spiro atoms. The van der Waals surface area contributed by atoms with Crippen LogP contribution in [0.4, 0.5) is 0 Å². The van der Waals surface area contributed by atoms with Gasteiger partial charge in [0.05, 0.1) is 0 Å². The quantitative estimate of drug-likeness (QED) is 0.321. The van der Waals surface area contributed by atoms with Gasteiger partial charge in [0.2, 0.25) is 0 Å². The van der Waals surface area contributed by atoms with Crippen molar-refractivity contribution < 1.29 is 56.1 Å². The molecule has 0 bridgehead atoms. The molecule has 11 heteroatoms. The molecule has 8 nitrogen and oxygen atoms in total. The van der Waals surface area contributed by atoms with Crippen LogP contribution >= 0.6 is 0 Å². The van der Waals surface area contributed by atoms with Crippen LogP contribution in [-0.4, -0.2) is 35.0 Å². The van der Waals surface area contributed by atoms with E-state index in [1.807, 2.05) is 0 Å². The van der Waals surface area contributed by atoms with E-state index in [9.17, 15) is 0 Å². The van der Waals surface area contributed by atoms with Crippen molar-refractivity contribution in [1.29, 1.82) is 0 Å². The molecule has 0 aliphatic heterocycles. The van der Waals surface area contributed by atoms with Crippen molar-refractivity contribution in [3.8, 4) is 0 Å². The molecular formula is O8PtS2. The second kappa shape index (κ2) is 6.00. The Morgan fingerprint density at radius 2 is 0.636 bits per heavy atom. The van der Waals surface area contributed by atoms with E-state index >= 15 is 0 Å². The van der Waals surface area contributed by atoms with Crippen molar-refractivity contribution in [2.24, 2.45) is 0 Å². The van der Waals surface area contributed by atoms with E-state index in [1.54, 1.807) is 0 Å². The summed E-state index contributed by atoms with van der Waals surface area (Å²) in [4.78, 5) is 0. The Labute approximate surface area is 77.0 Å². The average molecular weight is 387 g/mol. The molecule has 0 rings (SSSR count). The van der Waals surface area contributed by atoms with Gasteiger partial charge in [-0.1, -0.05) is 0 Å². The first kappa shape index (κ1) is 17.5. The Balaban J connectivity index is -0.000000107. The van der Waals surface area contributed by atoms with Gasteiger partial charge >= 0.3 is 21.1 Å². The minimum atomic E-state index is -5.17. The van der Waals surface area contributed by atoms with Crippen LogP contribution in [-0.2, 0) is 41.9 Å². The van der Waals surface area contributed by atoms with Crippen molar-refractivity contribution in [2.75, 3.05) is 0 Å². The maximum atomic E-state index is 8.52. The molecule has 0 amide bonds. The number of rotatable bonds is 0. The van der Waals surface area contributed by atoms with Crippen LogP contribution in [0.2, 0.25) is 0 Å². The van der Waals surface area contributed by atoms with Crippen LogP contribution in [0, 0.1) is 0 Å². The zero-order valence-electron chi connectivity index (χ0n) is 4.40. The fourth-order valence-electron chi connectivity index (χ4n) is 0. The van der Waals surface area contributed by atoms with Crippen LogP contribution in [0.25, 0.3) is 0 Å². The van der Waals surface area contributed by atoms with Gasteiger partial charge in [-0.15, -0.1) is 0 Å². The van der Waals surface area contributed by atoms with Crippen LogP contribution in [0.15, 0.2) is 0 Å². The van der Waals surface area contributed by atoms with Gasteiger partial charge in [-0.25, -0.2) is 0 Å². The molecule has 0 unspecified atom stereocenters. The van der Waals surface area contributed by atoms with Crippen molar-refractivity contribution >= 4 is 20.8 Å². The smallest absolute Gasteiger partial charge is 0.759 e. The Morgan fingerprint density at radius 1 is 0.636 bits per heavy atom. The van der Waals surface area contributed by atoms with Gasteiger partial charge in [-0.3, -0.25) is 16.8 Å². The molecule has 0 N–H and O–H groups in total. The summed E-state index contributed by atoms with van der Waals surface area (Å²) in [6, 6.07) is 0. The molecule has 0 fully saturated rings. The summed E-state index contributed by atoms with van der Waals surface area (Å²) in [7, 11) is -10.3. The van der Waals surface area contributed by atoms with Gasteiger partial charge in [0.15, 0.2) is 0 Å².